The quantitative estimate of drug-likeness (QED) is 0.844. The fraction of sp³-hybridized carbons (Fsp3) is 0.105. The van der Waals surface area contributed by atoms with Crippen molar-refractivity contribution in [3.05, 3.63) is 90.1 Å². The first kappa shape index (κ1) is 13.4. The second kappa shape index (κ2) is 5.80. The van der Waals surface area contributed by atoms with Crippen molar-refractivity contribution in [2.75, 3.05) is 0 Å². The molecular weight excluding hydrogens is 260 g/mol. The molecule has 3 rings (SSSR count). The summed E-state index contributed by atoms with van der Waals surface area (Å²) in [6.45, 7) is 0. The van der Waals surface area contributed by atoms with Gasteiger partial charge in [-0.15, -0.1) is 0 Å². The molecular formula is C19H16O2. The van der Waals surface area contributed by atoms with Crippen molar-refractivity contribution in [2.24, 2.45) is 11.8 Å². The third-order valence-electron chi connectivity index (χ3n) is 3.78. The van der Waals surface area contributed by atoms with Crippen molar-refractivity contribution >= 4 is 11.5 Å². The van der Waals surface area contributed by atoms with Crippen molar-refractivity contribution in [3.63, 3.8) is 0 Å². The summed E-state index contributed by atoms with van der Waals surface area (Å²) in [4.78, 5) is 11.9. The topological polar surface area (TPSA) is 37.3 Å². The molecule has 1 aromatic carbocycles. The Balaban J connectivity index is 2.19. The molecule has 0 bridgehead atoms. The van der Waals surface area contributed by atoms with Crippen LogP contribution in [-0.4, -0.2) is 11.1 Å². The lowest BCUT2D eigenvalue weighted by molar-refractivity contribution is -0.130. The van der Waals surface area contributed by atoms with Gasteiger partial charge < -0.3 is 5.11 Å². The monoisotopic (exact) mass is 276 g/mol. The molecule has 0 atom stereocenters. The highest BCUT2D eigenvalue weighted by Gasteiger charge is 2.26. The van der Waals surface area contributed by atoms with Crippen LogP contribution in [0, 0.1) is 11.8 Å². The van der Waals surface area contributed by atoms with Gasteiger partial charge in [0.15, 0.2) is 0 Å². The molecule has 1 aromatic rings. The number of rotatable bonds is 4. The van der Waals surface area contributed by atoms with E-state index in [4.69, 9.17) is 0 Å². The first-order chi connectivity index (χ1) is 10.3. The Labute approximate surface area is 124 Å². The van der Waals surface area contributed by atoms with Gasteiger partial charge in [-0.3, -0.25) is 0 Å². The van der Waals surface area contributed by atoms with E-state index < -0.39 is 5.97 Å². The van der Waals surface area contributed by atoms with Gasteiger partial charge in [-0.05, 0) is 11.1 Å². The van der Waals surface area contributed by atoms with Crippen LogP contribution >= 0.6 is 0 Å². The molecule has 0 amide bonds. The smallest absolute Gasteiger partial charge is 0.336 e. The van der Waals surface area contributed by atoms with Crippen molar-refractivity contribution in [1.82, 2.24) is 0 Å². The van der Waals surface area contributed by atoms with Gasteiger partial charge in [0.25, 0.3) is 0 Å². The predicted octanol–water partition coefficient (Wildman–Crippen LogP) is 4.01. The minimum atomic E-state index is -0.876. The number of carbonyl (C=O) groups is 1. The normalized spacial score (nSPS) is 16.8. The van der Waals surface area contributed by atoms with Crippen LogP contribution in [-0.2, 0) is 4.79 Å². The number of benzene rings is 1. The van der Waals surface area contributed by atoms with Crippen molar-refractivity contribution in [3.8, 4) is 0 Å². The molecule has 2 nitrogen and oxygen atoms in total. The zero-order valence-corrected chi connectivity index (χ0v) is 11.5. The standard InChI is InChI=1S/C19H16O2/c20-19(21)18(16-8-2-1-3-9-16)17(14-10-4-5-11-14)15-12-6-7-13-15/h1-15H,(H,20,21). The third kappa shape index (κ3) is 2.65. The second-order valence-corrected chi connectivity index (χ2v) is 5.09. The molecule has 0 saturated heterocycles. The summed E-state index contributed by atoms with van der Waals surface area (Å²) >= 11 is 0. The van der Waals surface area contributed by atoms with E-state index in [1.165, 1.54) is 0 Å². The number of allylic oxidation sites excluding steroid dienone is 9. The molecule has 0 saturated carbocycles. The summed E-state index contributed by atoms with van der Waals surface area (Å²) in [6.07, 6.45) is 16.1. The van der Waals surface area contributed by atoms with Gasteiger partial charge in [0.05, 0.1) is 5.57 Å². The molecule has 2 heteroatoms. The Morgan fingerprint density at radius 3 is 1.71 bits per heavy atom. The highest BCUT2D eigenvalue weighted by molar-refractivity contribution is 6.16. The first-order valence-corrected chi connectivity index (χ1v) is 7.00. The molecule has 1 N–H and O–H groups in total. The Morgan fingerprint density at radius 1 is 0.810 bits per heavy atom. The molecule has 0 aromatic heterocycles. The van der Waals surface area contributed by atoms with Gasteiger partial charge in [-0.2, -0.15) is 0 Å². The summed E-state index contributed by atoms with van der Waals surface area (Å²) in [7, 11) is 0. The molecule has 2 aliphatic carbocycles. The number of carboxylic acid groups (broad SMARTS) is 1. The van der Waals surface area contributed by atoms with Crippen LogP contribution in [0.5, 0.6) is 0 Å². The average Bonchev–Trinajstić information content (AvgIpc) is 3.19. The highest BCUT2D eigenvalue weighted by atomic mass is 16.4. The van der Waals surface area contributed by atoms with E-state index >= 15 is 0 Å². The van der Waals surface area contributed by atoms with Crippen LogP contribution in [0.25, 0.3) is 5.57 Å². The number of hydrogen-bond donors (Lipinski definition) is 1. The summed E-state index contributed by atoms with van der Waals surface area (Å²) in [6, 6.07) is 9.35. The molecule has 0 heterocycles. The maximum atomic E-state index is 11.9. The molecule has 104 valence electrons. The molecule has 0 fully saturated rings. The lowest BCUT2D eigenvalue weighted by atomic mass is 9.83. The minimum absolute atomic E-state index is 0.0358. The Hall–Kier alpha value is -2.61. The second-order valence-electron chi connectivity index (χ2n) is 5.09. The summed E-state index contributed by atoms with van der Waals surface area (Å²) < 4.78 is 0. The van der Waals surface area contributed by atoms with Gasteiger partial charge >= 0.3 is 5.97 Å². The lowest BCUT2D eigenvalue weighted by Gasteiger charge is -2.20. The highest BCUT2D eigenvalue weighted by Crippen LogP contribution is 2.36. The van der Waals surface area contributed by atoms with Crippen LogP contribution in [0.3, 0.4) is 0 Å². The molecule has 2 aliphatic rings. The van der Waals surface area contributed by atoms with Crippen molar-refractivity contribution in [1.29, 1.82) is 0 Å². The fourth-order valence-corrected chi connectivity index (χ4v) is 2.85. The largest absolute Gasteiger partial charge is 0.478 e. The van der Waals surface area contributed by atoms with E-state index in [1.54, 1.807) is 0 Å². The number of aliphatic carboxylic acids is 1. The van der Waals surface area contributed by atoms with E-state index in [1.807, 2.05) is 78.9 Å². The van der Waals surface area contributed by atoms with Crippen molar-refractivity contribution < 1.29 is 9.90 Å². The summed E-state index contributed by atoms with van der Waals surface area (Å²) in [5.41, 5.74) is 2.07. The van der Waals surface area contributed by atoms with Gasteiger partial charge in [-0.25, -0.2) is 4.79 Å². The van der Waals surface area contributed by atoms with E-state index in [2.05, 4.69) is 0 Å². The van der Waals surface area contributed by atoms with Crippen LogP contribution in [0.2, 0.25) is 0 Å². The first-order valence-electron chi connectivity index (χ1n) is 7.00. The molecule has 0 spiro atoms. The average molecular weight is 276 g/mol. The molecule has 0 unspecified atom stereocenters. The Kier molecular flexibility index (Phi) is 3.69. The van der Waals surface area contributed by atoms with Gasteiger partial charge in [0, 0.05) is 11.8 Å². The van der Waals surface area contributed by atoms with Crippen LogP contribution in [0.15, 0.2) is 84.5 Å². The van der Waals surface area contributed by atoms with E-state index in [9.17, 15) is 9.90 Å². The zero-order valence-electron chi connectivity index (χ0n) is 11.5. The maximum absolute atomic E-state index is 11.9. The van der Waals surface area contributed by atoms with Crippen LogP contribution in [0.1, 0.15) is 5.56 Å². The Bertz CT molecular complexity index is 634. The molecule has 0 radical (unpaired) electrons. The van der Waals surface area contributed by atoms with Crippen molar-refractivity contribution in [2.45, 2.75) is 0 Å². The molecule has 21 heavy (non-hydrogen) atoms. The lowest BCUT2D eigenvalue weighted by Crippen LogP contribution is -2.13. The third-order valence-corrected chi connectivity index (χ3v) is 3.78. The fourth-order valence-electron chi connectivity index (χ4n) is 2.85. The van der Waals surface area contributed by atoms with Gasteiger partial charge in [0.2, 0.25) is 0 Å². The zero-order chi connectivity index (χ0) is 14.7. The Morgan fingerprint density at radius 2 is 1.29 bits per heavy atom. The van der Waals surface area contributed by atoms with E-state index in [0.29, 0.717) is 5.57 Å². The number of carboxylic acids is 1. The summed E-state index contributed by atoms with van der Waals surface area (Å²) in [5, 5.41) is 9.76. The number of hydrogen-bond acceptors (Lipinski definition) is 1. The summed E-state index contributed by atoms with van der Waals surface area (Å²) in [5.74, 6) is -0.805. The van der Waals surface area contributed by atoms with Gasteiger partial charge in [0.1, 0.15) is 0 Å². The van der Waals surface area contributed by atoms with Gasteiger partial charge in [-0.1, -0.05) is 78.9 Å². The predicted molar refractivity (Wildman–Crippen MR) is 84.5 cm³/mol. The van der Waals surface area contributed by atoms with Crippen LogP contribution < -0.4 is 0 Å². The maximum Gasteiger partial charge on any atom is 0.336 e. The van der Waals surface area contributed by atoms with E-state index in [-0.39, 0.29) is 11.8 Å². The van der Waals surface area contributed by atoms with E-state index in [0.717, 1.165) is 11.1 Å². The minimum Gasteiger partial charge on any atom is -0.478 e. The SMILES string of the molecule is O=C(O)C(=C(C1C=CC=C1)C1C=CC=C1)c1ccccc1. The van der Waals surface area contributed by atoms with Crippen LogP contribution in [0.4, 0.5) is 0 Å². The molecule has 0 aliphatic heterocycles.